The minimum Gasteiger partial charge on any atom is -0.497 e. The molecule has 2 N–H and O–H groups in total. The molecule has 7 heteroatoms. The van der Waals surface area contributed by atoms with Gasteiger partial charge in [0, 0.05) is 12.2 Å². The summed E-state index contributed by atoms with van der Waals surface area (Å²) in [4.78, 5) is 27.0. The molecule has 2 heterocycles. The van der Waals surface area contributed by atoms with Crippen LogP contribution in [0, 0.1) is 0 Å². The molecule has 1 aliphatic rings. The molecule has 6 nitrogen and oxygen atoms in total. The smallest absolute Gasteiger partial charge is 0.313 e. The van der Waals surface area contributed by atoms with Crippen LogP contribution in [-0.4, -0.2) is 43.5 Å². The molecule has 1 aliphatic heterocycles. The minimum absolute atomic E-state index is 0.0992. The summed E-state index contributed by atoms with van der Waals surface area (Å²) in [7, 11) is 1.58. The van der Waals surface area contributed by atoms with Crippen LogP contribution in [0.15, 0.2) is 41.1 Å². The third kappa shape index (κ3) is 5.56. The summed E-state index contributed by atoms with van der Waals surface area (Å²) in [5, 5.41) is 9.62. The standard InChI is InChI=1S/C21H27N3O3S/c1-27-18-8-6-17(7-9-18)23-21(26)20(25)22-14-19(16-10-13-28-15-16)24-11-4-2-3-5-12-24/h6-10,13,15,19H,2-5,11-12,14H2,1H3,(H,22,25)(H,23,26)/t19-/m1/s1. The molecule has 0 spiro atoms. The second kappa shape index (κ2) is 10.2. The van der Waals surface area contributed by atoms with Gasteiger partial charge in [-0.2, -0.15) is 11.3 Å². The topological polar surface area (TPSA) is 70.7 Å². The van der Waals surface area contributed by atoms with E-state index in [4.69, 9.17) is 4.74 Å². The van der Waals surface area contributed by atoms with Crippen molar-refractivity contribution in [3.8, 4) is 5.75 Å². The first-order valence-corrected chi connectivity index (χ1v) is 10.6. The maximum Gasteiger partial charge on any atom is 0.313 e. The number of anilines is 1. The number of hydrogen-bond donors (Lipinski definition) is 2. The fourth-order valence-corrected chi connectivity index (χ4v) is 4.17. The highest BCUT2D eigenvalue weighted by Gasteiger charge is 2.24. The number of nitrogens with one attached hydrogen (secondary N) is 2. The molecule has 28 heavy (non-hydrogen) atoms. The molecule has 0 saturated carbocycles. The first kappa shape index (κ1) is 20.4. The normalized spacial score (nSPS) is 16.0. The van der Waals surface area contributed by atoms with E-state index in [-0.39, 0.29) is 6.04 Å². The van der Waals surface area contributed by atoms with Crippen LogP contribution in [0.5, 0.6) is 5.75 Å². The van der Waals surface area contributed by atoms with Gasteiger partial charge in [-0.15, -0.1) is 0 Å². The van der Waals surface area contributed by atoms with Crippen molar-refractivity contribution < 1.29 is 14.3 Å². The molecule has 1 fully saturated rings. The van der Waals surface area contributed by atoms with Crippen LogP contribution in [0.4, 0.5) is 5.69 Å². The maximum atomic E-state index is 12.3. The number of ether oxygens (including phenoxy) is 1. The lowest BCUT2D eigenvalue weighted by Crippen LogP contribution is -2.42. The summed E-state index contributed by atoms with van der Waals surface area (Å²) in [6.07, 6.45) is 4.85. The van der Waals surface area contributed by atoms with Crippen LogP contribution in [0.3, 0.4) is 0 Å². The average Bonchev–Trinajstić information content (AvgIpc) is 3.11. The van der Waals surface area contributed by atoms with Crippen molar-refractivity contribution in [1.82, 2.24) is 10.2 Å². The second-order valence-electron chi connectivity index (χ2n) is 6.92. The summed E-state index contributed by atoms with van der Waals surface area (Å²) >= 11 is 1.65. The number of hydrogen-bond acceptors (Lipinski definition) is 5. The highest BCUT2D eigenvalue weighted by Crippen LogP contribution is 2.25. The average molecular weight is 402 g/mol. The predicted molar refractivity (Wildman–Crippen MR) is 112 cm³/mol. The zero-order valence-corrected chi connectivity index (χ0v) is 17.0. The van der Waals surface area contributed by atoms with Crippen LogP contribution < -0.4 is 15.4 Å². The third-order valence-electron chi connectivity index (χ3n) is 5.02. The van der Waals surface area contributed by atoms with E-state index in [0.717, 1.165) is 13.1 Å². The Kier molecular flexibility index (Phi) is 7.45. The van der Waals surface area contributed by atoms with Gasteiger partial charge >= 0.3 is 11.8 Å². The predicted octanol–water partition coefficient (Wildman–Crippen LogP) is 3.43. The molecule has 0 aliphatic carbocycles. The Morgan fingerprint density at radius 2 is 1.79 bits per heavy atom. The molecular formula is C21H27N3O3S. The van der Waals surface area contributed by atoms with E-state index in [1.54, 1.807) is 42.7 Å². The lowest BCUT2D eigenvalue weighted by Gasteiger charge is -2.30. The Morgan fingerprint density at radius 1 is 1.07 bits per heavy atom. The van der Waals surface area contributed by atoms with Crippen molar-refractivity contribution in [2.24, 2.45) is 0 Å². The number of benzene rings is 1. The fourth-order valence-electron chi connectivity index (χ4n) is 3.46. The van der Waals surface area contributed by atoms with Crippen molar-refractivity contribution in [2.75, 3.05) is 32.1 Å². The Morgan fingerprint density at radius 3 is 2.39 bits per heavy atom. The van der Waals surface area contributed by atoms with E-state index in [1.807, 2.05) is 0 Å². The van der Waals surface area contributed by atoms with Gasteiger partial charge in [-0.3, -0.25) is 14.5 Å². The van der Waals surface area contributed by atoms with Gasteiger partial charge < -0.3 is 15.4 Å². The molecule has 1 atom stereocenters. The van der Waals surface area contributed by atoms with Gasteiger partial charge in [0.2, 0.25) is 0 Å². The number of thiophene rings is 1. The van der Waals surface area contributed by atoms with Gasteiger partial charge in [-0.1, -0.05) is 12.8 Å². The Bertz CT molecular complexity index is 754. The summed E-state index contributed by atoms with van der Waals surface area (Å²) in [6, 6.07) is 9.08. The molecule has 0 unspecified atom stereocenters. The van der Waals surface area contributed by atoms with Gasteiger partial charge in [0.15, 0.2) is 0 Å². The second-order valence-corrected chi connectivity index (χ2v) is 7.70. The van der Waals surface area contributed by atoms with E-state index in [2.05, 4.69) is 32.4 Å². The van der Waals surface area contributed by atoms with Crippen LogP contribution in [0.25, 0.3) is 0 Å². The van der Waals surface area contributed by atoms with Crippen LogP contribution in [0.2, 0.25) is 0 Å². The molecule has 2 aromatic rings. The van der Waals surface area contributed by atoms with Crippen molar-refractivity contribution >= 4 is 28.8 Å². The van der Waals surface area contributed by atoms with Gasteiger partial charge in [0.25, 0.3) is 0 Å². The fraction of sp³-hybridized carbons (Fsp3) is 0.429. The molecule has 0 bridgehead atoms. The quantitative estimate of drug-likeness (QED) is 0.728. The molecule has 2 amide bonds. The maximum absolute atomic E-state index is 12.3. The van der Waals surface area contributed by atoms with Crippen molar-refractivity contribution in [3.63, 3.8) is 0 Å². The van der Waals surface area contributed by atoms with Gasteiger partial charge in [0.05, 0.1) is 13.2 Å². The van der Waals surface area contributed by atoms with Crippen molar-refractivity contribution in [2.45, 2.75) is 31.7 Å². The SMILES string of the molecule is COc1ccc(NC(=O)C(=O)NC[C@H](c2ccsc2)N2CCCCCC2)cc1. The number of nitrogens with zero attached hydrogens (tertiary/aromatic N) is 1. The van der Waals surface area contributed by atoms with Crippen LogP contribution in [-0.2, 0) is 9.59 Å². The summed E-state index contributed by atoms with van der Waals surface area (Å²) in [6.45, 7) is 2.47. The minimum atomic E-state index is -0.662. The van der Waals surface area contributed by atoms with E-state index >= 15 is 0 Å². The zero-order valence-electron chi connectivity index (χ0n) is 16.1. The molecule has 0 radical (unpaired) electrons. The lowest BCUT2D eigenvalue weighted by atomic mass is 10.1. The Hall–Kier alpha value is -2.38. The number of amides is 2. The molecule has 1 saturated heterocycles. The van der Waals surface area contributed by atoms with E-state index in [9.17, 15) is 9.59 Å². The number of likely N-dealkylation sites (tertiary alicyclic amines) is 1. The van der Waals surface area contributed by atoms with E-state index in [0.29, 0.717) is 18.0 Å². The van der Waals surface area contributed by atoms with Crippen LogP contribution >= 0.6 is 11.3 Å². The Labute approximate surface area is 169 Å². The number of carbonyl (C=O) groups excluding carboxylic acids is 2. The molecule has 150 valence electrons. The monoisotopic (exact) mass is 401 g/mol. The lowest BCUT2D eigenvalue weighted by molar-refractivity contribution is -0.136. The summed E-state index contributed by atoms with van der Waals surface area (Å²) < 4.78 is 5.09. The first-order valence-electron chi connectivity index (χ1n) is 9.67. The molecule has 1 aromatic heterocycles. The molecule has 3 rings (SSSR count). The first-order chi connectivity index (χ1) is 13.7. The summed E-state index contributed by atoms with van der Waals surface area (Å²) in [5.41, 5.74) is 1.76. The number of carbonyl (C=O) groups is 2. The highest BCUT2D eigenvalue weighted by molar-refractivity contribution is 7.08. The number of methoxy groups -OCH3 is 1. The highest BCUT2D eigenvalue weighted by atomic mass is 32.1. The van der Waals surface area contributed by atoms with Crippen molar-refractivity contribution in [3.05, 3.63) is 46.7 Å². The molecule has 1 aromatic carbocycles. The Balaban J connectivity index is 1.58. The van der Waals surface area contributed by atoms with Gasteiger partial charge in [-0.05, 0) is 72.6 Å². The van der Waals surface area contributed by atoms with Crippen LogP contribution in [0.1, 0.15) is 37.3 Å². The molecular weight excluding hydrogens is 374 g/mol. The van der Waals surface area contributed by atoms with Crippen molar-refractivity contribution in [1.29, 1.82) is 0 Å². The largest absolute Gasteiger partial charge is 0.497 e. The summed E-state index contributed by atoms with van der Waals surface area (Å²) in [5.74, 6) is -0.588. The van der Waals surface area contributed by atoms with E-state index in [1.165, 1.54) is 31.2 Å². The zero-order chi connectivity index (χ0) is 19.8. The van der Waals surface area contributed by atoms with Gasteiger partial charge in [0.1, 0.15) is 5.75 Å². The van der Waals surface area contributed by atoms with E-state index < -0.39 is 11.8 Å². The number of rotatable bonds is 6. The third-order valence-corrected chi connectivity index (χ3v) is 5.72. The van der Waals surface area contributed by atoms with Gasteiger partial charge in [-0.25, -0.2) is 0 Å².